The molecule has 0 spiro atoms. The lowest BCUT2D eigenvalue weighted by Gasteiger charge is -2.33. The molecule has 0 radical (unpaired) electrons. The summed E-state index contributed by atoms with van der Waals surface area (Å²) in [5.74, 6) is -5.36. The molecule has 1 aliphatic carbocycles. The molecular weight excluding hydrogens is 998 g/mol. The quantitative estimate of drug-likeness (QED) is 0.0296. The van der Waals surface area contributed by atoms with Crippen molar-refractivity contribution < 1.29 is 57.4 Å². The molecule has 3 aliphatic heterocycles. The number of halogens is 1. The molecule has 2 aromatic heterocycles. The number of aryl methyl sites for hydroxylation is 1. The third-order valence-electron chi connectivity index (χ3n) is 14.8. The number of cyclic esters (lactones) is 1. The second-order valence-electron chi connectivity index (χ2n) is 20.4. The standard InChI is InChI=1S/C55H62FN9O12/c1-5-55(76)35-23-40-49-33(28-65(40)51(73)34(35)29-77-53(55)75)48-37(16-15-32-30(2)36(56)24-38(62-49)47(32)48)63-52(74)54(3,4)19-20-57-42(67)26-60-50(72)39(22-31-12-8-6-9-13-31)61-44(69)27-59-43(68)25-58-41(66)14-10-7-11-21-64-45(70)17-18-46(64)71/h6,8-9,12-13,17-18,23-24,37,39,76H,5,7,10-11,14-16,19-22,25-29H2,1-4H3,(H,57,67)(H,58,66)(H,59,68)(H,60,72)(H,61,69)(H,63,74)/t37-,39-,55-/m0/s1. The van der Waals surface area contributed by atoms with E-state index in [-0.39, 0.29) is 80.8 Å². The number of ether oxygens (including phenoxy) is 1. The number of unbranched alkanes of at least 4 members (excludes halogenated alkanes) is 2. The topological polar surface area (TPSA) is 293 Å². The van der Waals surface area contributed by atoms with Crippen LogP contribution in [-0.4, -0.2) is 112 Å². The lowest BCUT2D eigenvalue weighted by atomic mass is 9.80. The summed E-state index contributed by atoms with van der Waals surface area (Å²) in [7, 11) is 0. The highest BCUT2D eigenvalue weighted by Gasteiger charge is 2.46. The summed E-state index contributed by atoms with van der Waals surface area (Å²) < 4.78 is 22.2. The first kappa shape index (κ1) is 55.1. The molecule has 5 heterocycles. The SMILES string of the molecule is CC[C@@]1(O)C(=O)OCc2c1cc1n(c2=O)Cc2c-1nc1cc(F)c(C)c3c1c2[C@@H](NC(=O)C(C)(C)CCNC(=O)CNC(=O)[C@H](Cc1ccccc1)NC(=O)CNC(=O)CNC(=O)CCCCCN1C(=O)C=CC1=O)CC3. The molecule has 2 aromatic carbocycles. The Bertz CT molecular complexity index is 3170. The Morgan fingerprint density at radius 2 is 1.56 bits per heavy atom. The molecule has 8 rings (SSSR count). The molecule has 0 saturated heterocycles. The fraction of sp³-hybridized carbons (Fsp3) is 0.436. The number of nitrogens with zero attached hydrogens (tertiary/aromatic N) is 3. The van der Waals surface area contributed by atoms with E-state index in [0.29, 0.717) is 76.6 Å². The molecular formula is C55H62FN9O12. The molecule has 0 saturated carbocycles. The number of hydrogen-bond donors (Lipinski definition) is 7. The van der Waals surface area contributed by atoms with Gasteiger partial charge in [-0.15, -0.1) is 0 Å². The summed E-state index contributed by atoms with van der Waals surface area (Å²) in [6.45, 7) is 5.44. The van der Waals surface area contributed by atoms with Gasteiger partial charge in [-0.25, -0.2) is 14.2 Å². The van der Waals surface area contributed by atoms with Crippen LogP contribution in [0, 0.1) is 18.2 Å². The summed E-state index contributed by atoms with van der Waals surface area (Å²) in [5, 5.41) is 28.1. The first-order valence-corrected chi connectivity index (χ1v) is 25.8. The van der Waals surface area contributed by atoms with Gasteiger partial charge in [-0.2, -0.15) is 0 Å². The number of carbonyl (C=O) groups excluding carboxylic acids is 9. The third-order valence-corrected chi connectivity index (χ3v) is 14.8. The maximum atomic E-state index is 15.5. The van der Waals surface area contributed by atoms with Gasteiger partial charge in [-0.3, -0.25) is 48.1 Å². The zero-order valence-corrected chi connectivity index (χ0v) is 43.3. The maximum absolute atomic E-state index is 15.5. The number of pyridine rings is 2. The van der Waals surface area contributed by atoms with Gasteiger partial charge < -0.3 is 46.3 Å². The summed E-state index contributed by atoms with van der Waals surface area (Å²) in [6.07, 6.45) is 5.11. The van der Waals surface area contributed by atoms with E-state index in [1.54, 1.807) is 64.1 Å². The summed E-state index contributed by atoms with van der Waals surface area (Å²) in [5.41, 5.74) is 1.05. The van der Waals surface area contributed by atoms with Crippen LogP contribution in [0.25, 0.3) is 22.3 Å². The number of fused-ring (bicyclic) bond motifs is 5. The average Bonchev–Trinajstić information content (AvgIpc) is 3.95. The van der Waals surface area contributed by atoms with Crippen molar-refractivity contribution in [3.63, 3.8) is 0 Å². The number of benzene rings is 2. The number of aliphatic hydroxyl groups is 1. The largest absolute Gasteiger partial charge is 0.458 e. The summed E-state index contributed by atoms with van der Waals surface area (Å²) >= 11 is 0. The van der Waals surface area contributed by atoms with Gasteiger partial charge in [0.15, 0.2) is 5.60 Å². The van der Waals surface area contributed by atoms with Crippen LogP contribution < -0.4 is 37.5 Å². The van der Waals surface area contributed by atoms with Crippen molar-refractivity contribution in [3.8, 4) is 11.4 Å². The second kappa shape index (κ2) is 23.0. The third kappa shape index (κ3) is 11.8. The Balaban J connectivity index is 0.833. The molecule has 22 heteroatoms. The van der Waals surface area contributed by atoms with Crippen molar-refractivity contribution in [3.05, 3.63) is 110 Å². The van der Waals surface area contributed by atoms with E-state index in [0.717, 1.165) is 10.5 Å². The highest BCUT2D eigenvalue weighted by molar-refractivity contribution is 6.12. The van der Waals surface area contributed by atoms with Gasteiger partial charge in [0.25, 0.3) is 17.4 Å². The normalized spacial score (nSPS) is 17.5. The predicted octanol–water partition coefficient (Wildman–Crippen LogP) is 1.72. The minimum Gasteiger partial charge on any atom is -0.458 e. The molecule has 0 fully saturated rings. The van der Waals surface area contributed by atoms with Crippen LogP contribution in [-0.2, 0) is 79.5 Å². The molecule has 8 amide bonds. The lowest BCUT2D eigenvalue weighted by molar-refractivity contribution is -0.172. The maximum Gasteiger partial charge on any atom is 0.343 e. The van der Waals surface area contributed by atoms with E-state index >= 15 is 4.39 Å². The van der Waals surface area contributed by atoms with Gasteiger partial charge in [0.2, 0.25) is 35.4 Å². The number of hydrogen-bond acceptors (Lipinski definition) is 13. The summed E-state index contributed by atoms with van der Waals surface area (Å²) in [4.78, 5) is 135. The highest BCUT2D eigenvalue weighted by Crippen LogP contribution is 2.46. The van der Waals surface area contributed by atoms with Gasteiger partial charge in [0, 0.05) is 66.1 Å². The Morgan fingerprint density at radius 3 is 2.29 bits per heavy atom. The molecule has 4 aromatic rings. The molecule has 77 heavy (non-hydrogen) atoms. The van der Waals surface area contributed by atoms with Crippen molar-refractivity contribution in [2.24, 2.45) is 5.41 Å². The van der Waals surface area contributed by atoms with Gasteiger partial charge in [0.1, 0.15) is 18.5 Å². The Hall–Kier alpha value is -8.14. The zero-order chi connectivity index (χ0) is 55.3. The fourth-order valence-electron chi connectivity index (χ4n) is 10.2. The number of esters is 1. The van der Waals surface area contributed by atoms with E-state index < -0.39 is 89.6 Å². The van der Waals surface area contributed by atoms with Crippen LogP contribution in [0.5, 0.6) is 0 Å². The minimum atomic E-state index is -2.05. The smallest absolute Gasteiger partial charge is 0.343 e. The van der Waals surface area contributed by atoms with E-state index in [2.05, 4.69) is 31.9 Å². The molecule has 406 valence electrons. The van der Waals surface area contributed by atoms with Crippen LogP contribution >= 0.6 is 0 Å². The number of aromatic nitrogens is 2. The highest BCUT2D eigenvalue weighted by atomic mass is 19.1. The number of rotatable bonds is 22. The van der Waals surface area contributed by atoms with Gasteiger partial charge in [0.05, 0.1) is 54.7 Å². The number of imide groups is 1. The van der Waals surface area contributed by atoms with Gasteiger partial charge >= 0.3 is 5.97 Å². The van der Waals surface area contributed by atoms with E-state index in [1.165, 1.54) is 22.8 Å². The Kier molecular flexibility index (Phi) is 16.5. The molecule has 0 unspecified atom stereocenters. The van der Waals surface area contributed by atoms with Crippen molar-refractivity contribution in [1.82, 2.24) is 46.4 Å². The van der Waals surface area contributed by atoms with E-state index in [1.807, 2.05) is 0 Å². The van der Waals surface area contributed by atoms with Gasteiger partial charge in [-0.1, -0.05) is 57.5 Å². The van der Waals surface area contributed by atoms with Crippen LogP contribution in [0.4, 0.5) is 4.39 Å². The molecule has 7 N–H and O–H groups in total. The zero-order valence-electron chi connectivity index (χ0n) is 43.3. The van der Waals surface area contributed by atoms with Crippen LogP contribution in [0.15, 0.2) is 59.4 Å². The number of carbonyl (C=O) groups is 9. The Labute approximate surface area is 442 Å². The van der Waals surface area contributed by atoms with E-state index in [4.69, 9.17) is 9.72 Å². The Morgan fingerprint density at radius 1 is 0.870 bits per heavy atom. The lowest BCUT2D eigenvalue weighted by Crippen LogP contribution is -2.52. The van der Waals surface area contributed by atoms with Crippen LogP contribution in [0.3, 0.4) is 0 Å². The van der Waals surface area contributed by atoms with Crippen LogP contribution in [0.1, 0.15) is 111 Å². The predicted molar refractivity (Wildman–Crippen MR) is 275 cm³/mol. The molecule has 21 nitrogen and oxygen atoms in total. The molecule has 0 bridgehead atoms. The van der Waals surface area contributed by atoms with Crippen molar-refractivity contribution in [1.29, 1.82) is 0 Å². The second-order valence-corrected chi connectivity index (χ2v) is 20.4. The van der Waals surface area contributed by atoms with Crippen LogP contribution in [0.2, 0.25) is 0 Å². The first-order valence-electron chi connectivity index (χ1n) is 25.8. The molecule has 4 aliphatic rings. The fourth-order valence-corrected chi connectivity index (χ4v) is 10.2. The first-order chi connectivity index (χ1) is 36.7. The number of amides is 8. The minimum absolute atomic E-state index is 0.0426. The molecule has 3 atom stereocenters. The summed E-state index contributed by atoms with van der Waals surface area (Å²) in [6, 6.07) is 10.0. The van der Waals surface area contributed by atoms with Crippen molar-refractivity contribution in [2.75, 3.05) is 32.7 Å². The van der Waals surface area contributed by atoms with E-state index in [9.17, 15) is 53.1 Å². The number of nitrogens with one attached hydrogen (secondary N) is 6. The monoisotopic (exact) mass is 1060 g/mol. The van der Waals surface area contributed by atoms with Crippen molar-refractivity contribution in [2.45, 2.75) is 116 Å². The average molecular weight is 1060 g/mol. The van der Waals surface area contributed by atoms with Gasteiger partial charge in [-0.05, 0) is 73.8 Å². The van der Waals surface area contributed by atoms with Crippen molar-refractivity contribution >= 4 is 64.1 Å².